The molecule has 0 radical (unpaired) electrons. The van der Waals surface area contributed by atoms with Gasteiger partial charge >= 0.3 is 0 Å². The van der Waals surface area contributed by atoms with Gasteiger partial charge in [-0.05, 0) is 36.1 Å². The lowest BCUT2D eigenvalue weighted by Crippen LogP contribution is -2.42. The summed E-state index contributed by atoms with van der Waals surface area (Å²) in [5, 5.41) is 21.1. The van der Waals surface area contributed by atoms with Gasteiger partial charge in [-0.1, -0.05) is 42.5 Å². The van der Waals surface area contributed by atoms with Crippen LogP contribution >= 0.6 is 0 Å². The molecule has 0 aliphatic rings. The standard InChI is InChI=1S/C19H23NO4/c1-14(21)20-18(19(22)23)12-9-15-7-10-17(11-8-15)24-13-16-5-3-2-4-6-16/h2-8,10-11,18-19,22-23H,9,12-13H2,1H3,(H,20,21). The zero-order valence-corrected chi connectivity index (χ0v) is 13.7. The third kappa shape index (κ3) is 6.02. The van der Waals surface area contributed by atoms with Crippen molar-refractivity contribution in [2.45, 2.75) is 38.7 Å². The largest absolute Gasteiger partial charge is 0.489 e. The number of aryl methyl sites for hydroxylation is 1. The lowest BCUT2D eigenvalue weighted by atomic mass is 10.0. The van der Waals surface area contributed by atoms with E-state index in [1.165, 1.54) is 6.92 Å². The van der Waals surface area contributed by atoms with E-state index in [0.717, 1.165) is 16.9 Å². The maximum Gasteiger partial charge on any atom is 0.217 e. The van der Waals surface area contributed by atoms with Crippen molar-refractivity contribution in [3.05, 3.63) is 65.7 Å². The zero-order valence-electron chi connectivity index (χ0n) is 13.7. The molecule has 0 fully saturated rings. The fraction of sp³-hybridized carbons (Fsp3) is 0.316. The van der Waals surface area contributed by atoms with Crippen LogP contribution in [-0.2, 0) is 17.8 Å². The van der Waals surface area contributed by atoms with Gasteiger partial charge in [0.05, 0.1) is 6.04 Å². The molecule has 0 bridgehead atoms. The molecule has 0 heterocycles. The highest BCUT2D eigenvalue weighted by molar-refractivity contribution is 5.73. The van der Waals surface area contributed by atoms with Crippen LogP contribution in [0.5, 0.6) is 5.75 Å². The fourth-order valence-corrected chi connectivity index (χ4v) is 2.37. The molecule has 3 N–H and O–H groups in total. The van der Waals surface area contributed by atoms with Gasteiger partial charge < -0.3 is 20.3 Å². The number of carbonyl (C=O) groups excluding carboxylic acids is 1. The summed E-state index contributed by atoms with van der Waals surface area (Å²) in [7, 11) is 0. The van der Waals surface area contributed by atoms with E-state index in [0.29, 0.717) is 19.4 Å². The van der Waals surface area contributed by atoms with Crippen molar-refractivity contribution < 1.29 is 19.7 Å². The topological polar surface area (TPSA) is 78.8 Å². The van der Waals surface area contributed by atoms with Gasteiger partial charge in [0.15, 0.2) is 6.29 Å². The first kappa shape index (κ1) is 18.0. The molecule has 128 valence electrons. The molecular weight excluding hydrogens is 306 g/mol. The van der Waals surface area contributed by atoms with Gasteiger partial charge in [-0.2, -0.15) is 0 Å². The first-order chi connectivity index (χ1) is 11.5. The maximum absolute atomic E-state index is 11.1. The molecule has 1 atom stereocenters. The predicted molar refractivity (Wildman–Crippen MR) is 91.4 cm³/mol. The third-order valence-electron chi connectivity index (χ3n) is 3.66. The van der Waals surface area contributed by atoms with Gasteiger partial charge in [0.25, 0.3) is 0 Å². The van der Waals surface area contributed by atoms with Crippen molar-refractivity contribution in [3.63, 3.8) is 0 Å². The van der Waals surface area contributed by atoms with Crippen LogP contribution in [0.25, 0.3) is 0 Å². The summed E-state index contributed by atoms with van der Waals surface area (Å²) < 4.78 is 5.73. The van der Waals surface area contributed by atoms with Crippen molar-refractivity contribution in [2.24, 2.45) is 0 Å². The second-order valence-corrected chi connectivity index (χ2v) is 5.68. The smallest absolute Gasteiger partial charge is 0.217 e. The number of nitrogens with one attached hydrogen (secondary N) is 1. The van der Waals surface area contributed by atoms with Crippen molar-refractivity contribution >= 4 is 5.91 Å². The Hall–Kier alpha value is -2.37. The van der Waals surface area contributed by atoms with Crippen LogP contribution in [0.4, 0.5) is 0 Å². The van der Waals surface area contributed by atoms with Crippen LogP contribution in [0.2, 0.25) is 0 Å². The van der Waals surface area contributed by atoms with E-state index in [1.807, 2.05) is 54.6 Å². The molecule has 24 heavy (non-hydrogen) atoms. The molecule has 0 saturated heterocycles. The number of hydrogen-bond acceptors (Lipinski definition) is 4. The fourth-order valence-electron chi connectivity index (χ4n) is 2.37. The minimum absolute atomic E-state index is 0.280. The lowest BCUT2D eigenvalue weighted by Gasteiger charge is -2.19. The number of ether oxygens (including phenoxy) is 1. The number of benzene rings is 2. The Morgan fingerprint density at radius 1 is 1.04 bits per heavy atom. The van der Waals surface area contributed by atoms with Crippen molar-refractivity contribution in [3.8, 4) is 5.75 Å². The van der Waals surface area contributed by atoms with E-state index in [2.05, 4.69) is 5.32 Å². The van der Waals surface area contributed by atoms with E-state index >= 15 is 0 Å². The minimum atomic E-state index is -1.57. The summed E-state index contributed by atoms with van der Waals surface area (Å²) in [6, 6.07) is 16.9. The Kier molecular flexibility index (Phi) is 6.78. The Morgan fingerprint density at radius 2 is 1.71 bits per heavy atom. The normalized spacial score (nSPS) is 12.0. The van der Waals surface area contributed by atoms with E-state index < -0.39 is 12.3 Å². The molecular formula is C19H23NO4. The first-order valence-corrected chi connectivity index (χ1v) is 7.93. The summed E-state index contributed by atoms with van der Waals surface area (Å²) in [5.74, 6) is 0.501. The molecule has 5 heteroatoms. The van der Waals surface area contributed by atoms with Gasteiger partial charge in [0.2, 0.25) is 5.91 Å². The van der Waals surface area contributed by atoms with Crippen LogP contribution in [0.1, 0.15) is 24.5 Å². The average molecular weight is 329 g/mol. The third-order valence-corrected chi connectivity index (χ3v) is 3.66. The Morgan fingerprint density at radius 3 is 2.29 bits per heavy atom. The summed E-state index contributed by atoms with van der Waals surface area (Å²) in [6.45, 7) is 1.87. The van der Waals surface area contributed by atoms with Gasteiger partial charge in [0, 0.05) is 6.92 Å². The number of aliphatic hydroxyl groups is 2. The second-order valence-electron chi connectivity index (χ2n) is 5.68. The number of hydrogen-bond donors (Lipinski definition) is 3. The summed E-state index contributed by atoms with van der Waals surface area (Å²) in [4.78, 5) is 11.1. The van der Waals surface area contributed by atoms with Crippen LogP contribution in [0.15, 0.2) is 54.6 Å². The van der Waals surface area contributed by atoms with Crippen molar-refractivity contribution in [1.29, 1.82) is 0 Å². The molecule has 2 aromatic rings. The summed E-state index contributed by atoms with van der Waals surface area (Å²) in [5.41, 5.74) is 2.15. The highest BCUT2D eigenvalue weighted by Crippen LogP contribution is 2.16. The van der Waals surface area contributed by atoms with Crippen molar-refractivity contribution in [2.75, 3.05) is 0 Å². The SMILES string of the molecule is CC(=O)NC(CCc1ccc(OCc2ccccc2)cc1)C(O)O. The molecule has 2 aromatic carbocycles. The molecule has 0 spiro atoms. The Balaban J connectivity index is 1.84. The highest BCUT2D eigenvalue weighted by atomic mass is 16.5. The molecule has 1 amide bonds. The first-order valence-electron chi connectivity index (χ1n) is 7.93. The molecule has 2 rings (SSSR count). The lowest BCUT2D eigenvalue weighted by molar-refractivity contribution is -0.125. The summed E-state index contributed by atoms with van der Waals surface area (Å²) in [6.07, 6.45) is -0.495. The number of amides is 1. The van der Waals surface area contributed by atoms with Crippen LogP contribution in [-0.4, -0.2) is 28.5 Å². The van der Waals surface area contributed by atoms with Gasteiger partial charge in [-0.25, -0.2) is 0 Å². The number of aliphatic hydroxyl groups excluding tert-OH is 1. The zero-order chi connectivity index (χ0) is 17.4. The quantitative estimate of drug-likeness (QED) is 0.647. The van der Waals surface area contributed by atoms with Crippen LogP contribution < -0.4 is 10.1 Å². The predicted octanol–water partition coefficient (Wildman–Crippen LogP) is 2.01. The molecule has 5 nitrogen and oxygen atoms in total. The summed E-state index contributed by atoms with van der Waals surface area (Å²) >= 11 is 0. The molecule has 1 unspecified atom stereocenters. The molecule has 0 aromatic heterocycles. The van der Waals surface area contributed by atoms with E-state index in [1.54, 1.807) is 0 Å². The average Bonchev–Trinajstić information content (AvgIpc) is 2.58. The minimum Gasteiger partial charge on any atom is -0.489 e. The Labute approximate surface area is 141 Å². The van der Waals surface area contributed by atoms with Crippen LogP contribution in [0.3, 0.4) is 0 Å². The van der Waals surface area contributed by atoms with Crippen LogP contribution in [0, 0.1) is 0 Å². The van der Waals surface area contributed by atoms with E-state index in [4.69, 9.17) is 4.74 Å². The molecule has 0 aliphatic heterocycles. The Bertz CT molecular complexity index is 626. The molecule has 0 aliphatic carbocycles. The monoisotopic (exact) mass is 329 g/mol. The van der Waals surface area contributed by atoms with Gasteiger partial charge in [-0.3, -0.25) is 4.79 Å². The number of rotatable bonds is 8. The van der Waals surface area contributed by atoms with Gasteiger partial charge in [0.1, 0.15) is 12.4 Å². The highest BCUT2D eigenvalue weighted by Gasteiger charge is 2.17. The van der Waals surface area contributed by atoms with Gasteiger partial charge in [-0.15, -0.1) is 0 Å². The second kappa shape index (κ2) is 9.05. The number of carbonyl (C=O) groups is 1. The van der Waals surface area contributed by atoms with Crippen molar-refractivity contribution in [1.82, 2.24) is 5.32 Å². The van der Waals surface area contributed by atoms with E-state index in [-0.39, 0.29) is 5.91 Å². The van der Waals surface area contributed by atoms with E-state index in [9.17, 15) is 15.0 Å². The maximum atomic E-state index is 11.1. The molecule has 0 saturated carbocycles.